The van der Waals surface area contributed by atoms with Gasteiger partial charge in [-0.3, -0.25) is 4.79 Å². The third-order valence-electron chi connectivity index (χ3n) is 10.8. The number of likely N-dealkylation sites (tertiary alicyclic amines) is 1. The van der Waals surface area contributed by atoms with Crippen molar-refractivity contribution in [2.45, 2.75) is 115 Å². The second kappa shape index (κ2) is 18.7. The highest BCUT2D eigenvalue weighted by molar-refractivity contribution is 5.89. The minimum atomic E-state index is -1.13. The van der Waals surface area contributed by atoms with Gasteiger partial charge in [0.25, 0.3) is 0 Å². The number of aliphatic hydroxyl groups excluding tert-OH is 2. The van der Waals surface area contributed by atoms with Crippen LogP contribution in [0.4, 0.5) is 0 Å². The van der Waals surface area contributed by atoms with E-state index < -0.39 is 24.4 Å². The third-order valence-corrected chi connectivity index (χ3v) is 10.8. The molecule has 0 spiro atoms. The van der Waals surface area contributed by atoms with Gasteiger partial charge in [-0.2, -0.15) is 0 Å². The summed E-state index contributed by atoms with van der Waals surface area (Å²) in [6.07, 6.45) is 6.25. The first-order chi connectivity index (χ1) is 24.6. The maximum atomic E-state index is 14.7. The molecule has 2 fully saturated rings. The quantitative estimate of drug-likeness (QED) is 0.160. The fraction of sp³-hybridized carbons (Fsp3) is 0.535. The molecule has 8 nitrogen and oxygen atoms in total. The molecule has 1 heterocycles. The number of ether oxygens (including phenoxy) is 3. The Labute approximate surface area is 304 Å². The van der Waals surface area contributed by atoms with Crippen LogP contribution in [0.2, 0.25) is 0 Å². The fourth-order valence-electron chi connectivity index (χ4n) is 7.71. The van der Waals surface area contributed by atoms with Crippen molar-refractivity contribution < 1.29 is 34.0 Å². The second-order valence-corrected chi connectivity index (χ2v) is 14.7. The highest BCUT2D eigenvalue weighted by Gasteiger charge is 2.41. The fourth-order valence-corrected chi connectivity index (χ4v) is 7.71. The standard InChI is InChI=1S/C43H57NO7/c1-29-12-10-16-35(24-29)41(33-13-6-5-7-14-33)42(47)44-23-9-8-18-37(44)43(48)51-40(22-21-32-20-19-30(2)31(3)25-32)34-15-11-17-36(26-34)50-28-39(46)38(45)27-49-4/h10-12,15-17,19-20,24-26,33,37-41,45-46H,5-9,13-14,18,21-23,27-28H2,1-4H3/t37-,38?,39?,40+,41-/m0/s1. The molecule has 3 aromatic carbocycles. The normalized spacial score (nSPS) is 19.2. The Bertz CT molecular complexity index is 1580. The zero-order valence-electron chi connectivity index (χ0n) is 30.9. The van der Waals surface area contributed by atoms with Crippen LogP contribution in [0.15, 0.2) is 66.7 Å². The van der Waals surface area contributed by atoms with Gasteiger partial charge in [0, 0.05) is 13.7 Å². The Hall–Kier alpha value is -3.72. The van der Waals surface area contributed by atoms with Gasteiger partial charge in [-0.1, -0.05) is 79.4 Å². The molecule has 0 bridgehead atoms. The summed E-state index contributed by atoms with van der Waals surface area (Å²) < 4.78 is 17.2. The van der Waals surface area contributed by atoms with Crippen LogP contribution in [-0.2, 0) is 25.5 Å². The molecule has 0 radical (unpaired) electrons. The van der Waals surface area contributed by atoms with E-state index in [9.17, 15) is 19.8 Å². The van der Waals surface area contributed by atoms with Crippen molar-refractivity contribution >= 4 is 11.9 Å². The number of rotatable bonds is 15. The average Bonchev–Trinajstić information content (AvgIpc) is 3.14. The van der Waals surface area contributed by atoms with E-state index in [-0.39, 0.29) is 36.9 Å². The lowest BCUT2D eigenvalue weighted by Gasteiger charge is -2.39. The van der Waals surface area contributed by atoms with Gasteiger partial charge in [0.05, 0.1) is 12.5 Å². The number of aryl methyl sites for hydroxylation is 4. The Morgan fingerprint density at radius 1 is 0.804 bits per heavy atom. The second-order valence-electron chi connectivity index (χ2n) is 14.7. The SMILES string of the molecule is COCC(O)C(O)COc1cccc([C@@H](CCc2ccc(C)c(C)c2)OC(=O)[C@@H]2CCCCN2C(=O)[C@H](c2cccc(C)c2)C2CCCCC2)c1. The topological polar surface area (TPSA) is 106 Å². The number of hydrogen-bond donors (Lipinski definition) is 2. The Balaban J connectivity index is 1.38. The average molecular weight is 700 g/mol. The molecule has 1 aliphatic heterocycles. The summed E-state index contributed by atoms with van der Waals surface area (Å²) >= 11 is 0. The van der Waals surface area contributed by atoms with Crippen molar-refractivity contribution in [2.75, 3.05) is 26.9 Å². The third kappa shape index (κ3) is 10.4. The summed E-state index contributed by atoms with van der Waals surface area (Å²) in [5.41, 5.74) is 6.54. The molecule has 1 saturated carbocycles. The van der Waals surface area contributed by atoms with Crippen LogP contribution in [0.25, 0.3) is 0 Å². The molecule has 8 heteroatoms. The molecule has 1 saturated heterocycles. The molecule has 2 N–H and O–H groups in total. The van der Waals surface area contributed by atoms with Crippen LogP contribution < -0.4 is 4.74 Å². The summed E-state index contributed by atoms with van der Waals surface area (Å²) in [5, 5.41) is 20.4. The van der Waals surface area contributed by atoms with Gasteiger partial charge in [0.2, 0.25) is 5.91 Å². The summed E-state index contributed by atoms with van der Waals surface area (Å²) in [5.74, 6) is 0.154. The van der Waals surface area contributed by atoms with Crippen molar-refractivity contribution in [3.05, 3.63) is 100 Å². The lowest BCUT2D eigenvalue weighted by Crippen LogP contribution is -2.51. The van der Waals surface area contributed by atoms with E-state index in [2.05, 4.69) is 57.2 Å². The van der Waals surface area contributed by atoms with Crippen molar-refractivity contribution in [1.29, 1.82) is 0 Å². The summed E-state index contributed by atoms with van der Waals surface area (Å²) in [6, 6.07) is 21.5. The number of esters is 1. The van der Waals surface area contributed by atoms with Gasteiger partial charge in [-0.15, -0.1) is 0 Å². The van der Waals surface area contributed by atoms with E-state index in [0.29, 0.717) is 31.6 Å². The first kappa shape index (κ1) is 38.5. The number of hydrogen-bond acceptors (Lipinski definition) is 7. The van der Waals surface area contributed by atoms with Crippen molar-refractivity contribution in [3.63, 3.8) is 0 Å². The van der Waals surface area contributed by atoms with Crippen molar-refractivity contribution in [3.8, 4) is 5.75 Å². The van der Waals surface area contributed by atoms with E-state index in [1.807, 2.05) is 29.2 Å². The Morgan fingerprint density at radius 2 is 1.53 bits per heavy atom. The summed E-state index contributed by atoms with van der Waals surface area (Å²) in [4.78, 5) is 30.8. The number of benzene rings is 3. The Morgan fingerprint density at radius 3 is 2.27 bits per heavy atom. The van der Waals surface area contributed by atoms with E-state index >= 15 is 0 Å². The maximum absolute atomic E-state index is 14.7. The number of carbonyl (C=O) groups is 2. The zero-order valence-corrected chi connectivity index (χ0v) is 30.9. The van der Waals surface area contributed by atoms with Crippen LogP contribution in [0, 0.1) is 26.7 Å². The lowest BCUT2D eigenvalue weighted by molar-refractivity contribution is -0.163. The number of carbonyl (C=O) groups excluding carboxylic acids is 2. The predicted molar refractivity (Wildman–Crippen MR) is 199 cm³/mol. The molecule has 276 valence electrons. The largest absolute Gasteiger partial charge is 0.491 e. The summed E-state index contributed by atoms with van der Waals surface area (Å²) in [6.45, 7) is 6.67. The monoisotopic (exact) mass is 699 g/mol. The zero-order chi connectivity index (χ0) is 36.3. The number of aliphatic hydroxyl groups is 2. The molecular weight excluding hydrogens is 642 g/mol. The van der Waals surface area contributed by atoms with Crippen molar-refractivity contribution in [2.24, 2.45) is 5.92 Å². The minimum absolute atomic E-state index is 0.00580. The van der Waals surface area contributed by atoms with Gasteiger partial charge in [0.1, 0.15) is 36.7 Å². The number of amides is 1. The first-order valence-electron chi connectivity index (χ1n) is 18.9. The van der Waals surface area contributed by atoms with E-state index in [1.54, 1.807) is 6.07 Å². The lowest BCUT2D eigenvalue weighted by atomic mass is 9.75. The highest BCUT2D eigenvalue weighted by Crippen LogP contribution is 2.39. The maximum Gasteiger partial charge on any atom is 0.329 e. The smallest absolute Gasteiger partial charge is 0.329 e. The summed E-state index contributed by atoms with van der Waals surface area (Å²) in [7, 11) is 1.46. The highest BCUT2D eigenvalue weighted by atomic mass is 16.5. The molecular formula is C43H57NO7. The van der Waals surface area contributed by atoms with Crippen LogP contribution in [0.5, 0.6) is 5.75 Å². The van der Waals surface area contributed by atoms with E-state index in [4.69, 9.17) is 14.2 Å². The van der Waals surface area contributed by atoms with Crippen LogP contribution in [0.3, 0.4) is 0 Å². The molecule has 2 aliphatic rings. The van der Waals surface area contributed by atoms with Crippen LogP contribution in [-0.4, -0.2) is 72.1 Å². The molecule has 3 aromatic rings. The predicted octanol–water partition coefficient (Wildman–Crippen LogP) is 7.32. The van der Waals surface area contributed by atoms with Crippen LogP contribution >= 0.6 is 0 Å². The minimum Gasteiger partial charge on any atom is -0.491 e. The number of methoxy groups -OCH3 is 1. The number of nitrogens with zero attached hydrogens (tertiary/aromatic N) is 1. The van der Waals surface area contributed by atoms with Gasteiger partial charge < -0.3 is 29.3 Å². The molecule has 5 atom stereocenters. The van der Waals surface area contributed by atoms with Gasteiger partial charge in [-0.05, 0) is 112 Å². The molecule has 1 aliphatic carbocycles. The Kier molecular flexibility index (Phi) is 14.1. The molecule has 2 unspecified atom stereocenters. The first-order valence-corrected chi connectivity index (χ1v) is 18.9. The van der Waals surface area contributed by atoms with Crippen LogP contribution in [0.1, 0.15) is 103 Å². The molecule has 0 aromatic heterocycles. The molecule has 5 rings (SSSR count). The van der Waals surface area contributed by atoms with E-state index in [0.717, 1.165) is 60.8 Å². The van der Waals surface area contributed by atoms with Gasteiger partial charge in [-0.25, -0.2) is 4.79 Å². The van der Waals surface area contributed by atoms with E-state index in [1.165, 1.54) is 24.7 Å². The molecule has 1 amide bonds. The van der Waals surface area contributed by atoms with Gasteiger partial charge >= 0.3 is 5.97 Å². The number of piperidine rings is 1. The molecule has 51 heavy (non-hydrogen) atoms. The van der Waals surface area contributed by atoms with Crippen molar-refractivity contribution in [1.82, 2.24) is 4.90 Å². The van der Waals surface area contributed by atoms with Gasteiger partial charge in [0.15, 0.2) is 0 Å².